The summed E-state index contributed by atoms with van der Waals surface area (Å²) in [6.07, 6.45) is 6.12. The van der Waals surface area contributed by atoms with Gasteiger partial charge in [-0.2, -0.15) is 0 Å². The van der Waals surface area contributed by atoms with Gasteiger partial charge in [-0.05, 0) is 32.1 Å². The monoisotopic (exact) mass is 462 g/mol. The third kappa shape index (κ3) is 4.80. The molecule has 0 saturated heterocycles. The number of aromatic nitrogens is 4. The molecule has 1 aromatic carbocycles. The van der Waals surface area contributed by atoms with Gasteiger partial charge in [0.05, 0.1) is 34.9 Å². The Morgan fingerprint density at radius 3 is 2.79 bits per heavy atom. The van der Waals surface area contributed by atoms with Gasteiger partial charge in [-0.15, -0.1) is 0 Å². The summed E-state index contributed by atoms with van der Waals surface area (Å²) in [7, 11) is 1.98. The van der Waals surface area contributed by atoms with Crippen LogP contribution < -0.4 is 15.4 Å². The zero-order chi connectivity index (χ0) is 23.5. The second-order valence-electron chi connectivity index (χ2n) is 7.62. The Morgan fingerprint density at radius 1 is 1.24 bits per heavy atom. The van der Waals surface area contributed by atoms with Crippen LogP contribution in [0.25, 0.3) is 22.2 Å². The van der Waals surface area contributed by atoms with E-state index in [2.05, 4.69) is 32.2 Å². The lowest BCUT2D eigenvalue weighted by Gasteiger charge is -2.15. The van der Waals surface area contributed by atoms with Crippen molar-refractivity contribution >= 4 is 45.7 Å². The molecule has 4 aromatic rings. The maximum atomic E-state index is 11.7. The van der Waals surface area contributed by atoms with E-state index in [9.17, 15) is 4.79 Å². The van der Waals surface area contributed by atoms with Gasteiger partial charge in [-0.25, -0.2) is 15.0 Å². The zero-order valence-electron chi connectivity index (χ0n) is 18.5. The number of aryl methyl sites for hydroxylation is 1. The first-order valence-electron chi connectivity index (χ1n) is 10.3. The molecule has 9 heteroatoms. The number of hydrogen-bond donors (Lipinski definition) is 2. The van der Waals surface area contributed by atoms with Crippen LogP contribution >= 0.6 is 11.6 Å². The van der Waals surface area contributed by atoms with Crippen LogP contribution in [0.3, 0.4) is 0 Å². The van der Waals surface area contributed by atoms with Crippen molar-refractivity contribution in [1.82, 2.24) is 19.5 Å². The highest BCUT2D eigenvalue weighted by Crippen LogP contribution is 2.35. The van der Waals surface area contributed by atoms with E-state index < -0.39 is 0 Å². The summed E-state index contributed by atoms with van der Waals surface area (Å²) in [4.78, 5) is 25.0. The Hall–Kier alpha value is -3.91. The van der Waals surface area contributed by atoms with Crippen LogP contribution in [0.1, 0.15) is 13.8 Å². The van der Waals surface area contributed by atoms with E-state index in [1.54, 1.807) is 12.3 Å². The van der Waals surface area contributed by atoms with E-state index in [0.717, 1.165) is 16.5 Å². The van der Waals surface area contributed by atoms with Gasteiger partial charge in [0.1, 0.15) is 5.69 Å². The number of halogens is 1. The first-order chi connectivity index (χ1) is 15.9. The van der Waals surface area contributed by atoms with Crippen LogP contribution in [0.2, 0.25) is 5.02 Å². The predicted octanol–water partition coefficient (Wildman–Crippen LogP) is 5.34. The quantitative estimate of drug-likeness (QED) is 0.360. The molecule has 0 fully saturated rings. The number of rotatable bonds is 7. The summed E-state index contributed by atoms with van der Waals surface area (Å²) in [6.45, 7) is 7.27. The lowest BCUT2D eigenvalue weighted by atomic mass is 10.1. The van der Waals surface area contributed by atoms with Crippen molar-refractivity contribution in [3.8, 4) is 17.1 Å². The maximum Gasteiger partial charge on any atom is 0.247 e. The van der Waals surface area contributed by atoms with Crippen LogP contribution in [0.5, 0.6) is 5.88 Å². The minimum Gasteiger partial charge on any atom is -0.473 e. The fourth-order valence-electron chi connectivity index (χ4n) is 3.39. The number of carbonyl (C=O) groups excluding carboxylic acids is 1. The average molecular weight is 463 g/mol. The summed E-state index contributed by atoms with van der Waals surface area (Å²) in [5.41, 5.74) is 3.53. The third-order valence-electron chi connectivity index (χ3n) is 4.79. The summed E-state index contributed by atoms with van der Waals surface area (Å²) >= 11 is 6.49. The molecule has 0 radical (unpaired) electrons. The molecule has 0 spiro atoms. The minimum absolute atomic E-state index is 0.107. The molecule has 168 valence electrons. The number of fused-ring (bicyclic) bond motifs is 1. The Kier molecular flexibility index (Phi) is 6.28. The first kappa shape index (κ1) is 22.3. The largest absolute Gasteiger partial charge is 0.473 e. The maximum absolute atomic E-state index is 11.7. The number of nitrogens with one attached hydrogen (secondary N) is 2. The highest BCUT2D eigenvalue weighted by atomic mass is 35.5. The highest BCUT2D eigenvalue weighted by molar-refractivity contribution is 6.33. The molecule has 8 nitrogen and oxygen atoms in total. The Bertz CT molecular complexity index is 1350. The molecular weight excluding hydrogens is 440 g/mol. The molecule has 0 bridgehead atoms. The molecule has 0 saturated carbocycles. The Labute approximate surface area is 196 Å². The minimum atomic E-state index is -0.346. The molecule has 3 heterocycles. The topological polar surface area (TPSA) is 94.0 Å². The number of anilines is 3. The van der Waals surface area contributed by atoms with Crippen molar-refractivity contribution in [2.45, 2.75) is 20.0 Å². The van der Waals surface area contributed by atoms with Crippen molar-refractivity contribution in [1.29, 1.82) is 0 Å². The van der Waals surface area contributed by atoms with Gasteiger partial charge in [0.15, 0.2) is 0 Å². The Morgan fingerprint density at radius 2 is 2.03 bits per heavy atom. The van der Waals surface area contributed by atoms with E-state index in [4.69, 9.17) is 16.3 Å². The zero-order valence-corrected chi connectivity index (χ0v) is 19.2. The van der Waals surface area contributed by atoms with Gasteiger partial charge in [0.2, 0.25) is 17.7 Å². The van der Waals surface area contributed by atoms with Crippen molar-refractivity contribution in [3.63, 3.8) is 0 Å². The number of benzene rings is 1. The van der Waals surface area contributed by atoms with Crippen molar-refractivity contribution in [3.05, 3.63) is 66.6 Å². The van der Waals surface area contributed by atoms with Crippen LogP contribution in [-0.4, -0.2) is 31.5 Å². The molecule has 3 aromatic heterocycles. The number of ether oxygens (including phenoxy) is 1. The van der Waals surface area contributed by atoms with Crippen LogP contribution in [0.15, 0.2) is 61.6 Å². The molecule has 4 rings (SSSR count). The molecule has 0 aliphatic carbocycles. The van der Waals surface area contributed by atoms with E-state index in [1.807, 2.05) is 55.9 Å². The van der Waals surface area contributed by atoms with Gasteiger partial charge >= 0.3 is 0 Å². The number of para-hydroxylation sites is 1. The summed E-state index contributed by atoms with van der Waals surface area (Å²) < 4.78 is 7.84. The van der Waals surface area contributed by atoms with Crippen LogP contribution in [-0.2, 0) is 11.8 Å². The molecule has 0 aliphatic rings. The van der Waals surface area contributed by atoms with E-state index in [-0.39, 0.29) is 12.0 Å². The van der Waals surface area contributed by atoms with Gasteiger partial charge in [-0.1, -0.05) is 36.4 Å². The van der Waals surface area contributed by atoms with Gasteiger partial charge in [-0.3, -0.25) is 4.79 Å². The molecule has 2 N–H and O–H groups in total. The lowest BCUT2D eigenvalue weighted by molar-refractivity contribution is -0.111. The van der Waals surface area contributed by atoms with Gasteiger partial charge in [0, 0.05) is 29.7 Å². The molecule has 1 amide bonds. The molecule has 0 unspecified atom stereocenters. The average Bonchev–Trinajstić information content (AvgIpc) is 3.13. The SMILES string of the molecule is C=CC(=O)Nc1cnc(OC(C)C)c(Nc2ncc(Cl)c(-c3cn(C)c4ccccc34)n2)c1. The fourth-order valence-corrected chi connectivity index (χ4v) is 3.58. The van der Waals surface area contributed by atoms with E-state index >= 15 is 0 Å². The number of amides is 1. The molecular formula is C24H23ClN6O2. The normalized spacial score (nSPS) is 10.9. The van der Waals surface area contributed by atoms with Gasteiger partial charge in [0.25, 0.3) is 0 Å². The lowest BCUT2D eigenvalue weighted by Crippen LogP contribution is -2.12. The second kappa shape index (κ2) is 9.30. The number of pyridine rings is 1. The van der Waals surface area contributed by atoms with Crippen molar-refractivity contribution < 1.29 is 9.53 Å². The fraction of sp³-hybridized carbons (Fsp3) is 0.167. The Balaban J connectivity index is 1.74. The second-order valence-corrected chi connectivity index (χ2v) is 8.03. The summed E-state index contributed by atoms with van der Waals surface area (Å²) in [5, 5.41) is 7.30. The number of nitrogens with zero attached hydrogens (tertiary/aromatic N) is 4. The smallest absolute Gasteiger partial charge is 0.247 e. The van der Waals surface area contributed by atoms with Crippen LogP contribution in [0.4, 0.5) is 17.3 Å². The predicted molar refractivity (Wildman–Crippen MR) is 131 cm³/mol. The molecule has 0 aliphatic heterocycles. The van der Waals surface area contributed by atoms with Gasteiger partial charge < -0.3 is 19.9 Å². The van der Waals surface area contributed by atoms with Crippen molar-refractivity contribution in [2.24, 2.45) is 7.05 Å². The third-order valence-corrected chi connectivity index (χ3v) is 5.07. The number of hydrogen-bond acceptors (Lipinski definition) is 6. The molecule has 33 heavy (non-hydrogen) atoms. The summed E-state index contributed by atoms with van der Waals surface area (Å²) in [5.74, 6) is 0.318. The van der Waals surface area contributed by atoms with E-state index in [0.29, 0.717) is 33.9 Å². The number of carbonyl (C=O) groups is 1. The van der Waals surface area contributed by atoms with E-state index in [1.165, 1.54) is 12.3 Å². The summed E-state index contributed by atoms with van der Waals surface area (Å²) in [6, 6.07) is 9.73. The highest BCUT2D eigenvalue weighted by Gasteiger charge is 2.16. The molecule has 0 atom stereocenters. The van der Waals surface area contributed by atoms with Crippen LogP contribution in [0, 0.1) is 0 Å². The first-order valence-corrected chi connectivity index (χ1v) is 10.7. The standard InChI is InChI=1S/C24H23ClN6O2/c1-5-21(32)28-15-10-19(23(26-11-15)33-14(2)3)29-24-27-12-18(25)22(30-24)17-13-31(4)20-9-7-6-8-16(17)20/h5-14H,1H2,2-4H3,(H,28,32)(H,27,29,30). The van der Waals surface area contributed by atoms with Crippen molar-refractivity contribution in [2.75, 3.05) is 10.6 Å².